The van der Waals surface area contributed by atoms with Crippen LogP contribution in [-0.2, 0) is 24.4 Å². The molecular formula is C10H15N3O6S2. The van der Waals surface area contributed by atoms with Gasteiger partial charge in [-0.25, -0.2) is 8.42 Å². The highest BCUT2D eigenvalue weighted by molar-refractivity contribution is 7.88. The van der Waals surface area contributed by atoms with Gasteiger partial charge >= 0.3 is 10.1 Å². The van der Waals surface area contributed by atoms with Crippen LogP contribution >= 0.6 is 0 Å². The highest BCUT2D eigenvalue weighted by Crippen LogP contribution is 2.13. The predicted molar refractivity (Wildman–Crippen MR) is 74.1 cm³/mol. The standard InChI is InChI=1S/C10H15N3O6S2/c1-11-19-21(17,18)9-5-3-4-8(6-9)10(14)12-7-13-20(2,15)16/h3-6,11,13H,7H2,1-2H3,(H,12,14). The number of nitrogens with one attached hydrogen (secondary N) is 3. The van der Waals surface area contributed by atoms with Crippen LogP contribution in [0.15, 0.2) is 29.2 Å². The minimum absolute atomic E-state index is 0.0473. The molecule has 0 unspecified atom stereocenters. The first-order chi connectivity index (χ1) is 9.65. The fourth-order valence-corrected chi connectivity index (χ4v) is 2.47. The summed E-state index contributed by atoms with van der Waals surface area (Å²) in [5.41, 5.74) is 2.09. The van der Waals surface area contributed by atoms with Crippen molar-refractivity contribution in [1.29, 1.82) is 0 Å². The van der Waals surface area contributed by atoms with E-state index in [1.54, 1.807) is 0 Å². The van der Waals surface area contributed by atoms with Crippen molar-refractivity contribution in [1.82, 2.24) is 15.5 Å². The second-order valence-corrected chi connectivity index (χ2v) is 7.25. The zero-order valence-corrected chi connectivity index (χ0v) is 12.9. The lowest BCUT2D eigenvalue weighted by Gasteiger charge is -2.07. The van der Waals surface area contributed by atoms with Gasteiger partial charge in [0.05, 0.1) is 17.8 Å². The fourth-order valence-electron chi connectivity index (χ4n) is 1.30. The van der Waals surface area contributed by atoms with Gasteiger partial charge < -0.3 is 5.32 Å². The van der Waals surface area contributed by atoms with Gasteiger partial charge in [-0.1, -0.05) is 6.07 Å². The molecule has 0 spiro atoms. The van der Waals surface area contributed by atoms with Crippen molar-refractivity contribution in [2.24, 2.45) is 0 Å². The summed E-state index contributed by atoms with van der Waals surface area (Å²) in [4.78, 5) is 11.6. The van der Waals surface area contributed by atoms with E-state index in [0.29, 0.717) is 0 Å². The Balaban J connectivity index is 2.83. The Hall–Kier alpha value is -1.53. The molecule has 21 heavy (non-hydrogen) atoms. The Morgan fingerprint density at radius 1 is 1.24 bits per heavy atom. The lowest BCUT2D eigenvalue weighted by Crippen LogP contribution is -2.36. The van der Waals surface area contributed by atoms with Gasteiger partial charge in [0.2, 0.25) is 10.0 Å². The first kappa shape index (κ1) is 17.5. The van der Waals surface area contributed by atoms with Gasteiger partial charge in [-0.15, -0.1) is 0 Å². The van der Waals surface area contributed by atoms with Gasteiger partial charge in [-0.3, -0.25) is 4.79 Å². The molecule has 0 aromatic heterocycles. The lowest BCUT2D eigenvalue weighted by molar-refractivity contribution is 0.0953. The van der Waals surface area contributed by atoms with Crippen LogP contribution in [0.1, 0.15) is 10.4 Å². The predicted octanol–water partition coefficient (Wildman–Crippen LogP) is -1.24. The third-order valence-electron chi connectivity index (χ3n) is 2.16. The van der Waals surface area contributed by atoms with Crippen molar-refractivity contribution in [3.8, 4) is 0 Å². The Morgan fingerprint density at radius 2 is 1.90 bits per heavy atom. The summed E-state index contributed by atoms with van der Waals surface area (Å²) in [5, 5.41) is 2.29. The first-order valence-corrected chi connectivity index (χ1v) is 8.89. The van der Waals surface area contributed by atoms with Crippen molar-refractivity contribution < 1.29 is 25.9 Å². The third-order valence-corrected chi connectivity index (χ3v) is 4.05. The molecule has 11 heteroatoms. The Kier molecular flexibility index (Phi) is 5.80. The zero-order chi connectivity index (χ0) is 16.1. The van der Waals surface area contributed by atoms with Crippen molar-refractivity contribution in [3.63, 3.8) is 0 Å². The number of hydroxylamine groups is 1. The molecule has 0 saturated carbocycles. The number of amides is 1. The molecule has 1 amide bonds. The normalized spacial score (nSPS) is 12.1. The van der Waals surface area contributed by atoms with Crippen molar-refractivity contribution in [2.45, 2.75) is 4.90 Å². The first-order valence-electron chi connectivity index (χ1n) is 5.59. The number of rotatable bonds is 7. The van der Waals surface area contributed by atoms with Gasteiger partial charge in [-0.05, 0) is 18.2 Å². The SMILES string of the molecule is CNOS(=O)(=O)c1cccc(C(=O)NCNS(C)(=O)=O)c1. The molecular weight excluding hydrogens is 322 g/mol. The van der Waals surface area contributed by atoms with Crippen LogP contribution in [0.3, 0.4) is 0 Å². The van der Waals surface area contributed by atoms with Gasteiger partial charge in [0.25, 0.3) is 5.91 Å². The second kappa shape index (κ2) is 6.95. The largest absolute Gasteiger partial charge is 0.338 e. The van der Waals surface area contributed by atoms with E-state index < -0.39 is 26.0 Å². The monoisotopic (exact) mass is 337 g/mol. The van der Waals surface area contributed by atoms with E-state index in [9.17, 15) is 21.6 Å². The van der Waals surface area contributed by atoms with Gasteiger partial charge in [0.1, 0.15) is 0 Å². The summed E-state index contributed by atoms with van der Waals surface area (Å²) in [6.45, 7) is -0.304. The molecule has 0 atom stereocenters. The number of carbonyl (C=O) groups excluding carboxylic acids is 1. The molecule has 0 fully saturated rings. The molecule has 1 aromatic carbocycles. The average molecular weight is 337 g/mol. The van der Waals surface area contributed by atoms with Crippen molar-refractivity contribution >= 4 is 26.0 Å². The maximum Gasteiger partial charge on any atom is 0.312 e. The summed E-state index contributed by atoms with van der Waals surface area (Å²) >= 11 is 0. The number of hydrogen-bond acceptors (Lipinski definition) is 7. The van der Waals surface area contributed by atoms with Crippen LogP contribution in [-0.4, -0.2) is 42.7 Å². The molecule has 0 aliphatic rings. The van der Waals surface area contributed by atoms with Crippen LogP contribution in [0.2, 0.25) is 0 Å². The second-order valence-electron chi connectivity index (χ2n) is 3.87. The highest BCUT2D eigenvalue weighted by Gasteiger charge is 2.17. The molecule has 9 nitrogen and oxygen atoms in total. The average Bonchev–Trinajstić information content (AvgIpc) is 2.37. The fraction of sp³-hybridized carbons (Fsp3) is 0.300. The smallest absolute Gasteiger partial charge is 0.312 e. The van der Waals surface area contributed by atoms with E-state index in [1.807, 2.05) is 5.48 Å². The molecule has 3 N–H and O–H groups in total. The maximum absolute atomic E-state index is 11.8. The Bertz CT molecular complexity index is 714. The van der Waals surface area contributed by atoms with E-state index in [4.69, 9.17) is 0 Å². The van der Waals surface area contributed by atoms with E-state index >= 15 is 0 Å². The number of hydrogen-bond donors (Lipinski definition) is 3. The van der Waals surface area contributed by atoms with E-state index in [1.165, 1.54) is 25.2 Å². The number of carbonyl (C=O) groups is 1. The quantitative estimate of drug-likeness (QED) is 0.419. The van der Waals surface area contributed by atoms with Gasteiger partial charge in [-0.2, -0.15) is 22.9 Å². The summed E-state index contributed by atoms with van der Waals surface area (Å²) < 4.78 is 51.4. The summed E-state index contributed by atoms with van der Waals surface area (Å²) in [6.07, 6.45) is 0.946. The molecule has 0 aliphatic heterocycles. The maximum atomic E-state index is 11.8. The van der Waals surface area contributed by atoms with Crippen molar-refractivity contribution in [2.75, 3.05) is 20.0 Å². The van der Waals surface area contributed by atoms with Crippen LogP contribution in [0.5, 0.6) is 0 Å². The lowest BCUT2D eigenvalue weighted by atomic mass is 10.2. The summed E-state index contributed by atoms with van der Waals surface area (Å²) in [7, 11) is -6.16. The Labute approximate surface area is 122 Å². The molecule has 0 heterocycles. The van der Waals surface area contributed by atoms with Crippen molar-refractivity contribution in [3.05, 3.63) is 29.8 Å². The van der Waals surface area contributed by atoms with Gasteiger partial charge in [0.15, 0.2) is 0 Å². The van der Waals surface area contributed by atoms with Crippen LogP contribution in [0.25, 0.3) is 0 Å². The molecule has 0 aliphatic carbocycles. The molecule has 118 valence electrons. The van der Waals surface area contributed by atoms with Crippen LogP contribution in [0.4, 0.5) is 0 Å². The van der Waals surface area contributed by atoms with E-state index in [-0.39, 0.29) is 17.1 Å². The molecule has 1 aromatic rings. The van der Waals surface area contributed by atoms with Crippen LogP contribution in [0, 0.1) is 0 Å². The molecule has 0 bridgehead atoms. The topological polar surface area (TPSA) is 131 Å². The summed E-state index contributed by atoms with van der Waals surface area (Å²) in [6, 6.07) is 5.12. The highest BCUT2D eigenvalue weighted by atomic mass is 32.2. The van der Waals surface area contributed by atoms with Crippen LogP contribution < -0.4 is 15.5 Å². The minimum atomic E-state index is -4.01. The molecule has 0 radical (unpaired) electrons. The summed E-state index contributed by atoms with van der Waals surface area (Å²) in [5.74, 6) is -0.632. The van der Waals surface area contributed by atoms with Gasteiger partial charge in [0, 0.05) is 12.6 Å². The third kappa shape index (κ3) is 5.77. The minimum Gasteiger partial charge on any atom is -0.338 e. The Morgan fingerprint density at radius 3 is 2.48 bits per heavy atom. The van der Waals surface area contributed by atoms with E-state index in [2.05, 4.69) is 14.3 Å². The molecule has 1 rings (SSSR count). The zero-order valence-electron chi connectivity index (χ0n) is 11.3. The van der Waals surface area contributed by atoms with E-state index in [0.717, 1.165) is 12.3 Å². The number of benzene rings is 1. The number of sulfonamides is 1. The molecule has 0 saturated heterocycles.